The molecule has 0 saturated heterocycles. The average molecular weight is 460 g/mol. The third kappa shape index (κ3) is 3.41. The van der Waals surface area contributed by atoms with Crippen LogP contribution in [0.5, 0.6) is 5.75 Å². The lowest BCUT2D eigenvalue weighted by Crippen LogP contribution is -2.36. The summed E-state index contributed by atoms with van der Waals surface area (Å²) in [6.07, 6.45) is 2.85. The number of likely N-dealkylation sites (N-methyl/N-ethyl adjacent to an activating group) is 1. The maximum atomic E-state index is 12.3. The number of fused-ring (bicyclic) bond motifs is 3. The van der Waals surface area contributed by atoms with Crippen molar-refractivity contribution in [2.45, 2.75) is 18.1 Å². The van der Waals surface area contributed by atoms with Crippen LogP contribution >= 0.6 is 11.6 Å². The molecule has 0 spiro atoms. The van der Waals surface area contributed by atoms with E-state index in [1.54, 1.807) is 25.4 Å². The predicted octanol–water partition coefficient (Wildman–Crippen LogP) is 2.79. The number of pyridine rings is 2. The Kier molecular flexibility index (Phi) is 4.45. The fraction of sp³-hybridized carbons (Fsp3) is 0.250. The molecule has 0 bridgehead atoms. The van der Waals surface area contributed by atoms with Crippen LogP contribution in [0.2, 0.25) is 5.15 Å². The van der Waals surface area contributed by atoms with E-state index in [2.05, 4.69) is 14.7 Å². The predicted molar refractivity (Wildman–Crippen MR) is 119 cm³/mol. The van der Waals surface area contributed by atoms with Crippen LogP contribution in [0.3, 0.4) is 0 Å². The molecule has 2 aromatic heterocycles. The first kappa shape index (κ1) is 19.8. The number of nitrogens with one attached hydrogen (secondary N) is 1. The summed E-state index contributed by atoms with van der Waals surface area (Å²) in [6.45, 7) is -0.0954. The molecule has 1 fully saturated rings. The molecule has 160 valence electrons. The number of nitrogens with zero attached hydrogens (tertiary/aromatic N) is 3. The number of benzene rings is 1. The zero-order valence-electron chi connectivity index (χ0n) is 16.4. The van der Waals surface area contributed by atoms with Gasteiger partial charge >= 0.3 is 0 Å². The SMILES string of the molecule is CN1C(=O)COc2c1c(N)nc1ccc(-c3cnc(Cl)c(NS(=O)(=O)C4CC4)c3)cc21. The van der Waals surface area contributed by atoms with E-state index in [4.69, 9.17) is 22.1 Å². The molecular weight excluding hydrogens is 442 g/mol. The van der Waals surface area contributed by atoms with Gasteiger partial charge in [-0.15, -0.1) is 0 Å². The van der Waals surface area contributed by atoms with Crippen molar-refractivity contribution < 1.29 is 17.9 Å². The lowest BCUT2D eigenvalue weighted by atomic mass is 10.0. The molecule has 2 aliphatic rings. The van der Waals surface area contributed by atoms with E-state index in [9.17, 15) is 13.2 Å². The van der Waals surface area contributed by atoms with Gasteiger partial charge in [0, 0.05) is 24.2 Å². The zero-order valence-corrected chi connectivity index (χ0v) is 18.0. The molecule has 1 amide bonds. The van der Waals surface area contributed by atoms with E-state index < -0.39 is 10.0 Å². The van der Waals surface area contributed by atoms with Crippen molar-refractivity contribution in [3.8, 4) is 16.9 Å². The average Bonchev–Trinajstić information content (AvgIpc) is 3.58. The quantitative estimate of drug-likeness (QED) is 0.574. The number of carbonyl (C=O) groups is 1. The molecule has 3 heterocycles. The number of nitrogen functional groups attached to an aromatic ring is 1. The third-order valence-electron chi connectivity index (χ3n) is 5.38. The van der Waals surface area contributed by atoms with Crippen LogP contribution < -0.4 is 20.1 Å². The van der Waals surface area contributed by atoms with Gasteiger partial charge in [-0.3, -0.25) is 9.52 Å². The molecule has 0 radical (unpaired) electrons. The maximum Gasteiger partial charge on any atom is 0.264 e. The van der Waals surface area contributed by atoms with Gasteiger partial charge in [0.05, 0.1) is 16.5 Å². The van der Waals surface area contributed by atoms with E-state index in [1.807, 2.05) is 12.1 Å². The Morgan fingerprint density at radius 1 is 1.26 bits per heavy atom. The summed E-state index contributed by atoms with van der Waals surface area (Å²) in [7, 11) is -1.86. The molecule has 3 N–H and O–H groups in total. The van der Waals surface area contributed by atoms with Gasteiger partial charge in [-0.25, -0.2) is 18.4 Å². The first-order valence-electron chi connectivity index (χ1n) is 9.55. The van der Waals surface area contributed by atoms with E-state index in [0.717, 1.165) is 5.56 Å². The van der Waals surface area contributed by atoms with E-state index in [-0.39, 0.29) is 34.4 Å². The largest absolute Gasteiger partial charge is 0.481 e. The zero-order chi connectivity index (χ0) is 21.9. The van der Waals surface area contributed by atoms with E-state index in [0.29, 0.717) is 40.7 Å². The Balaban J connectivity index is 1.60. The first-order chi connectivity index (χ1) is 14.7. The van der Waals surface area contributed by atoms with Crippen LogP contribution in [-0.2, 0) is 14.8 Å². The topological polar surface area (TPSA) is 128 Å². The van der Waals surface area contributed by atoms with E-state index >= 15 is 0 Å². The lowest BCUT2D eigenvalue weighted by Gasteiger charge is -2.27. The summed E-state index contributed by atoms with van der Waals surface area (Å²) in [5.41, 5.74) is 8.73. The normalized spacial score (nSPS) is 16.2. The molecule has 11 heteroatoms. The van der Waals surface area contributed by atoms with Gasteiger partial charge in [-0.05, 0) is 36.6 Å². The van der Waals surface area contributed by atoms with Gasteiger partial charge in [0.15, 0.2) is 23.3 Å². The minimum atomic E-state index is -3.48. The van der Waals surface area contributed by atoms with Gasteiger partial charge in [0.2, 0.25) is 10.0 Å². The fourth-order valence-corrected chi connectivity index (χ4v) is 5.13. The molecule has 31 heavy (non-hydrogen) atoms. The highest BCUT2D eigenvalue weighted by Crippen LogP contribution is 2.42. The number of halogens is 1. The standard InChI is InChI=1S/C20H18ClN5O4S/c1-26-16(27)9-30-18-13-6-10(2-5-14(13)24-20(22)17(18)26)11-7-15(19(21)23-8-11)25-31(28,29)12-3-4-12/h2,5-8,12,25H,3-4,9H2,1H3,(H2,22,24). The number of rotatable bonds is 4. The number of sulfonamides is 1. The number of amides is 1. The highest BCUT2D eigenvalue weighted by molar-refractivity contribution is 7.93. The van der Waals surface area contributed by atoms with Crippen molar-refractivity contribution in [3.05, 3.63) is 35.6 Å². The van der Waals surface area contributed by atoms with Crippen LogP contribution in [-0.4, -0.2) is 43.2 Å². The number of ether oxygens (including phenoxy) is 1. The number of hydrogen-bond acceptors (Lipinski definition) is 7. The number of aromatic nitrogens is 2. The Bertz CT molecular complexity index is 1360. The van der Waals surface area contributed by atoms with Crippen LogP contribution in [0.4, 0.5) is 17.2 Å². The number of hydrogen-bond donors (Lipinski definition) is 2. The summed E-state index contributed by atoms with van der Waals surface area (Å²) in [6, 6.07) is 7.09. The summed E-state index contributed by atoms with van der Waals surface area (Å²) in [4.78, 5) is 22.0. The molecule has 0 unspecified atom stereocenters. The van der Waals surface area contributed by atoms with Crippen LogP contribution in [0.25, 0.3) is 22.0 Å². The van der Waals surface area contributed by atoms with Gasteiger partial charge in [0.25, 0.3) is 5.91 Å². The van der Waals surface area contributed by atoms with Crippen molar-refractivity contribution in [1.29, 1.82) is 0 Å². The molecule has 5 rings (SSSR count). The smallest absolute Gasteiger partial charge is 0.264 e. The summed E-state index contributed by atoms with van der Waals surface area (Å²) < 4.78 is 32.9. The van der Waals surface area contributed by atoms with Gasteiger partial charge in [-0.2, -0.15) is 0 Å². The molecule has 3 aromatic rings. The molecule has 1 aliphatic carbocycles. The Labute approximate surface area is 183 Å². The van der Waals surface area contributed by atoms with Gasteiger partial charge in [-0.1, -0.05) is 17.7 Å². The molecule has 1 aromatic carbocycles. The first-order valence-corrected chi connectivity index (χ1v) is 11.5. The van der Waals surface area contributed by atoms with E-state index in [1.165, 1.54) is 4.90 Å². The van der Waals surface area contributed by atoms with Crippen molar-refractivity contribution in [3.63, 3.8) is 0 Å². The van der Waals surface area contributed by atoms with Crippen molar-refractivity contribution >= 4 is 55.6 Å². The monoisotopic (exact) mass is 459 g/mol. The summed E-state index contributed by atoms with van der Waals surface area (Å²) in [5.74, 6) is 0.463. The summed E-state index contributed by atoms with van der Waals surface area (Å²) >= 11 is 6.13. The van der Waals surface area contributed by atoms with Crippen molar-refractivity contribution in [2.24, 2.45) is 0 Å². The summed E-state index contributed by atoms with van der Waals surface area (Å²) in [5, 5.41) is 0.368. The minimum absolute atomic E-state index is 0.0732. The molecule has 9 nitrogen and oxygen atoms in total. The maximum absolute atomic E-state index is 12.3. The second-order valence-electron chi connectivity index (χ2n) is 7.56. The van der Waals surface area contributed by atoms with Gasteiger partial charge in [0.1, 0.15) is 5.69 Å². The number of carbonyl (C=O) groups excluding carboxylic acids is 1. The van der Waals surface area contributed by atoms with Crippen LogP contribution in [0.1, 0.15) is 12.8 Å². The molecular formula is C20H18ClN5O4S. The highest BCUT2D eigenvalue weighted by atomic mass is 35.5. The number of anilines is 3. The highest BCUT2D eigenvalue weighted by Gasteiger charge is 2.36. The number of nitrogens with two attached hydrogens (primary N) is 1. The second-order valence-corrected chi connectivity index (χ2v) is 9.88. The Morgan fingerprint density at radius 3 is 2.77 bits per heavy atom. The van der Waals surface area contributed by atoms with Gasteiger partial charge < -0.3 is 15.4 Å². The van der Waals surface area contributed by atoms with Crippen LogP contribution in [0.15, 0.2) is 30.5 Å². The van der Waals surface area contributed by atoms with Crippen LogP contribution in [0, 0.1) is 0 Å². The Morgan fingerprint density at radius 2 is 2.03 bits per heavy atom. The molecule has 1 aliphatic heterocycles. The van der Waals surface area contributed by atoms with Crippen molar-refractivity contribution in [1.82, 2.24) is 9.97 Å². The second kappa shape index (κ2) is 6.96. The molecule has 0 atom stereocenters. The lowest BCUT2D eigenvalue weighted by molar-refractivity contribution is -0.120. The fourth-order valence-electron chi connectivity index (χ4n) is 3.54. The van der Waals surface area contributed by atoms with Crippen molar-refractivity contribution in [2.75, 3.05) is 29.0 Å². The minimum Gasteiger partial charge on any atom is -0.481 e. The third-order valence-corrected chi connectivity index (χ3v) is 7.53. The Hall–Kier alpha value is -3.11. The molecule has 1 saturated carbocycles.